The Kier molecular flexibility index (Phi) is 4.11. The van der Waals surface area contributed by atoms with E-state index >= 15 is 0 Å². The van der Waals surface area contributed by atoms with Gasteiger partial charge in [-0.3, -0.25) is 4.79 Å². The Morgan fingerprint density at radius 3 is 2.89 bits per heavy atom. The van der Waals surface area contributed by atoms with Crippen molar-refractivity contribution < 1.29 is 4.79 Å². The summed E-state index contributed by atoms with van der Waals surface area (Å²) in [5.41, 5.74) is 6.45. The molecule has 4 N–H and O–H groups in total. The van der Waals surface area contributed by atoms with E-state index in [0.29, 0.717) is 22.5 Å². The van der Waals surface area contributed by atoms with E-state index in [-0.39, 0.29) is 5.91 Å². The molecule has 0 aliphatic heterocycles. The molecule has 1 amide bonds. The van der Waals surface area contributed by atoms with Crippen LogP contribution in [0.15, 0.2) is 6.07 Å². The molecule has 0 aromatic carbocycles. The van der Waals surface area contributed by atoms with E-state index in [1.165, 1.54) is 11.3 Å². The van der Waals surface area contributed by atoms with Gasteiger partial charge in [0.25, 0.3) is 5.91 Å². The molecular formula is C13H21N3OS. The van der Waals surface area contributed by atoms with Gasteiger partial charge in [-0.1, -0.05) is 13.8 Å². The van der Waals surface area contributed by atoms with E-state index in [4.69, 9.17) is 5.73 Å². The third kappa shape index (κ3) is 3.63. The predicted molar refractivity (Wildman–Crippen MR) is 77.2 cm³/mol. The summed E-state index contributed by atoms with van der Waals surface area (Å²) in [6, 6.07) is 2.23. The number of carbonyl (C=O) groups excluding carboxylic acids is 1. The van der Waals surface area contributed by atoms with Crippen LogP contribution in [0, 0.1) is 5.92 Å². The van der Waals surface area contributed by atoms with Gasteiger partial charge < -0.3 is 16.4 Å². The summed E-state index contributed by atoms with van der Waals surface area (Å²) in [5, 5.41) is 7.26. The number of carbonyl (C=O) groups is 1. The highest BCUT2D eigenvalue weighted by Gasteiger charge is 2.25. The van der Waals surface area contributed by atoms with Crippen LogP contribution >= 0.6 is 11.3 Å². The fraction of sp³-hybridized carbons (Fsp3) is 0.615. The zero-order chi connectivity index (χ0) is 13.1. The lowest BCUT2D eigenvalue weighted by Gasteiger charge is -2.05. The summed E-state index contributed by atoms with van der Waals surface area (Å²) in [6.07, 6.45) is 3.30. The molecule has 0 spiro atoms. The molecule has 0 radical (unpaired) electrons. The lowest BCUT2D eigenvalue weighted by molar-refractivity contribution is 0.0956. The minimum absolute atomic E-state index is 0.0306. The van der Waals surface area contributed by atoms with Gasteiger partial charge in [-0.2, -0.15) is 0 Å². The van der Waals surface area contributed by atoms with Crippen molar-refractivity contribution in [3.8, 4) is 0 Å². The first-order valence-electron chi connectivity index (χ1n) is 6.50. The maximum absolute atomic E-state index is 11.9. The van der Waals surface area contributed by atoms with E-state index in [0.717, 1.165) is 30.8 Å². The number of thiophene rings is 1. The van der Waals surface area contributed by atoms with Crippen molar-refractivity contribution in [2.24, 2.45) is 5.92 Å². The van der Waals surface area contributed by atoms with E-state index in [1.54, 1.807) is 0 Å². The van der Waals surface area contributed by atoms with E-state index in [1.807, 2.05) is 6.07 Å². The fourth-order valence-electron chi connectivity index (χ4n) is 1.63. The average Bonchev–Trinajstić information content (AvgIpc) is 3.01. The number of rotatable bonds is 6. The van der Waals surface area contributed by atoms with E-state index in [2.05, 4.69) is 24.5 Å². The standard InChI is InChI=1S/C13H21N3OS/c1-8(2)5-6-15-11-7-10(14)12(18-11)13(17)16-9-3-4-9/h7-9,15H,3-6,14H2,1-2H3,(H,16,17). The second-order valence-electron chi connectivity index (χ2n) is 5.25. The number of anilines is 2. The Bertz CT molecular complexity index is 424. The molecule has 1 aliphatic rings. The van der Waals surface area contributed by atoms with Gasteiger partial charge in [0.05, 0.1) is 10.7 Å². The van der Waals surface area contributed by atoms with Crippen molar-refractivity contribution in [3.05, 3.63) is 10.9 Å². The van der Waals surface area contributed by atoms with Gasteiger partial charge in [0.1, 0.15) is 4.88 Å². The Balaban J connectivity index is 1.90. The van der Waals surface area contributed by atoms with Gasteiger partial charge in [-0.15, -0.1) is 11.3 Å². The third-order valence-corrected chi connectivity index (χ3v) is 4.01. The topological polar surface area (TPSA) is 67.1 Å². The smallest absolute Gasteiger partial charge is 0.263 e. The molecule has 1 aliphatic carbocycles. The molecule has 0 bridgehead atoms. The predicted octanol–water partition coefficient (Wildman–Crippen LogP) is 2.68. The summed E-state index contributed by atoms with van der Waals surface area (Å²) >= 11 is 1.44. The highest BCUT2D eigenvalue weighted by Crippen LogP contribution is 2.30. The molecule has 2 rings (SSSR count). The van der Waals surface area contributed by atoms with E-state index in [9.17, 15) is 4.79 Å². The molecule has 1 saturated carbocycles. The van der Waals surface area contributed by atoms with Crippen molar-refractivity contribution in [1.82, 2.24) is 5.32 Å². The lowest BCUT2D eigenvalue weighted by Crippen LogP contribution is -2.25. The first-order valence-corrected chi connectivity index (χ1v) is 7.32. The van der Waals surface area contributed by atoms with E-state index < -0.39 is 0 Å². The number of amides is 1. The summed E-state index contributed by atoms with van der Waals surface area (Å²) in [7, 11) is 0. The van der Waals surface area contributed by atoms with Crippen molar-refractivity contribution in [2.75, 3.05) is 17.6 Å². The molecule has 1 aromatic rings. The second kappa shape index (κ2) is 5.61. The molecule has 1 fully saturated rings. The molecule has 1 heterocycles. The normalized spacial score (nSPS) is 14.8. The largest absolute Gasteiger partial charge is 0.397 e. The van der Waals surface area contributed by atoms with Gasteiger partial charge >= 0.3 is 0 Å². The Hall–Kier alpha value is -1.23. The van der Waals surface area contributed by atoms with Crippen molar-refractivity contribution in [3.63, 3.8) is 0 Å². The zero-order valence-electron chi connectivity index (χ0n) is 11.0. The number of hydrogen-bond donors (Lipinski definition) is 3. The van der Waals surface area contributed by atoms with Crippen LogP contribution < -0.4 is 16.4 Å². The lowest BCUT2D eigenvalue weighted by atomic mass is 10.1. The summed E-state index contributed by atoms with van der Waals surface area (Å²) in [6.45, 7) is 5.30. The number of nitrogens with one attached hydrogen (secondary N) is 2. The Morgan fingerprint density at radius 1 is 1.56 bits per heavy atom. The Morgan fingerprint density at radius 2 is 2.28 bits per heavy atom. The van der Waals surface area contributed by atoms with Crippen LogP contribution in [0.5, 0.6) is 0 Å². The van der Waals surface area contributed by atoms with Crippen LogP contribution in [0.4, 0.5) is 10.7 Å². The Labute approximate surface area is 112 Å². The van der Waals surface area contributed by atoms with Crippen LogP contribution in [0.2, 0.25) is 0 Å². The van der Waals surface area contributed by atoms with Gasteiger partial charge in [-0.25, -0.2) is 0 Å². The van der Waals surface area contributed by atoms with Crippen molar-refractivity contribution in [2.45, 2.75) is 39.2 Å². The summed E-state index contributed by atoms with van der Waals surface area (Å²) in [4.78, 5) is 12.5. The fourth-order valence-corrected chi connectivity index (χ4v) is 2.54. The van der Waals surface area contributed by atoms with Crippen LogP contribution in [0.3, 0.4) is 0 Å². The number of nitrogen functional groups attached to an aromatic ring is 1. The molecule has 4 nitrogen and oxygen atoms in total. The van der Waals surface area contributed by atoms with Crippen LogP contribution in [-0.2, 0) is 0 Å². The van der Waals surface area contributed by atoms with Gasteiger partial charge in [0.2, 0.25) is 0 Å². The molecule has 0 atom stereocenters. The van der Waals surface area contributed by atoms with Gasteiger partial charge in [0, 0.05) is 12.6 Å². The minimum Gasteiger partial charge on any atom is -0.397 e. The zero-order valence-corrected chi connectivity index (χ0v) is 11.8. The quantitative estimate of drug-likeness (QED) is 0.742. The molecular weight excluding hydrogens is 246 g/mol. The average molecular weight is 267 g/mol. The second-order valence-corrected chi connectivity index (χ2v) is 6.30. The molecule has 0 unspecified atom stereocenters. The van der Waals surface area contributed by atoms with Crippen LogP contribution in [0.1, 0.15) is 42.8 Å². The molecule has 100 valence electrons. The van der Waals surface area contributed by atoms with Crippen LogP contribution in [-0.4, -0.2) is 18.5 Å². The van der Waals surface area contributed by atoms with Crippen molar-refractivity contribution in [1.29, 1.82) is 0 Å². The molecule has 18 heavy (non-hydrogen) atoms. The summed E-state index contributed by atoms with van der Waals surface area (Å²) in [5.74, 6) is 0.643. The maximum Gasteiger partial charge on any atom is 0.263 e. The number of nitrogens with two attached hydrogens (primary N) is 1. The van der Waals surface area contributed by atoms with Gasteiger partial charge in [0.15, 0.2) is 0 Å². The maximum atomic E-state index is 11.9. The molecule has 1 aromatic heterocycles. The third-order valence-electron chi connectivity index (χ3n) is 2.90. The van der Waals surface area contributed by atoms with Crippen molar-refractivity contribution >= 4 is 27.9 Å². The molecule has 0 saturated heterocycles. The first-order chi connectivity index (χ1) is 8.56. The van der Waals surface area contributed by atoms with Crippen LogP contribution in [0.25, 0.3) is 0 Å². The van der Waals surface area contributed by atoms with Gasteiger partial charge in [-0.05, 0) is 31.2 Å². The minimum atomic E-state index is -0.0306. The highest BCUT2D eigenvalue weighted by molar-refractivity contribution is 7.18. The SMILES string of the molecule is CC(C)CCNc1cc(N)c(C(=O)NC2CC2)s1. The monoisotopic (exact) mass is 267 g/mol. The first kappa shape index (κ1) is 13.2. The molecule has 5 heteroatoms. The summed E-state index contributed by atoms with van der Waals surface area (Å²) < 4.78 is 0. The highest BCUT2D eigenvalue weighted by atomic mass is 32.1. The number of hydrogen-bond acceptors (Lipinski definition) is 4.